The zero-order valence-electron chi connectivity index (χ0n) is 7.53. The van der Waals surface area contributed by atoms with Crippen molar-refractivity contribution in [1.82, 2.24) is 15.2 Å². The van der Waals surface area contributed by atoms with Crippen LogP contribution in [0.5, 0.6) is 0 Å². The van der Waals surface area contributed by atoms with Crippen molar-refractivity contribution in [2.75, 3.05) is 0 Å². The van der Waals surface area contributed by atoms with Gasteiger partial charge in [-0.25, -0.2) is 4.79 Å². The first-order valence-electron chi connectivity index (χ1n) is 4.11. The van der Waals surface area contributed by atoms with Crippen LogP contribution in [0.2, 0.25) is 0 Å². The molecule has 0 bridgehead atoms. The first-order chi connectivity index (χ1) is 6.68. The Balaban J connectivity index is 2.43. The number of H-pyrrole nitrogens is 2. The van der Waals surface area contributed by atoms with E-state index in [1.807, 2.05) is 13.0 Å². The molecular formula is C9H9N3O2. The van der Waals surface area contributed by atoms with E-state index < -0.39 is 5.97 Å². The standard InChI is InChI=1S/C9H9N3O2/c1-5-2-3-10-8(5)6-4-7(9(13)14)12-11-6/h2-4,10H,1H3,(H,11,12)(H,13,14). The predicted molar refractivity (Wildman–Crippen MR) is 50.1 cm³/mol. The summed E-state index contributed by atoms with van der Waals surface area (Å²) in [4.78, 5) is 13.6. The molecule has 2 aromatic rings. The second-order valence-electron chi connectivity index (χ2n) is 3.01. The number of nitrogens with one attached hydrogen (secondary N) is 2. The minimum absolute atomic E-state index is 0.0917. The normalized spacial score (nSPS) is 10.4. The fourth-order valence-corrected chi connectivity index (χ4v) is 1.28. The summed E-state index contributed by atoms with van der Waals surface area (Å²) in [5.41, 5.74) is 2.58. The van der Waals surface area contributed by atoms with Crippen LogP contribution in [-0.2, 0) is 0 Å². The lowest BCUT2D eigenvalue weighted by Gasteiger charge is -1.91. The second kappa shape index (κ2) is 3.02. The van der Waals surface area contributed by atoms with Gasteiger partial charge in [-0.05, 0) is 18.6 Å². The first kappa shape index (κ1) is 8.55. The second-order valence-corrected chi connectivity index (χ2v) is 3.01. The molecule has 0 aliphatic heterocycles. The number of carbonyl (C=O) groups is 1. The molecule has 2 rings (SSSR count). The third-order valence-electron chi connectivity index (χ3n) is 2.02. The summed E-state index contributed by atoms with van der Waals surface area (Å²) in [6.07, 6.45) is 1.79. The smallest absolute Gasteiger partial charge is 0.353 e. The highest BCUT2D eigenvalue weighted by Gasteiger charge is 2.10. The van der Waals surface area contributed by atoms with E-state index in [4.69, 9.17) is 5.11 Å². The average molecular weight is 191 g/mol. The van der Waals surface area contributed by atoms with Crippen LogP contribution in [0.25, 0.3) is 11.4 Å². The van der Waals surface area contributed by atoms with Gasteiger partial charge in [0.15, 0.2) is 0 Å². The van der Waals surface area contributed by atoms with Gasteiger partial charge in [0.05, 0.1) is 5.69 Å². The van der Waals surface area contributed by atoms with Gasteiger partial charge in [-0.3, -0.25) is 5.10 Å². The molecule has 0 aliphatic carbocycles. The van der Waals surface area contributed by atoms with Crippen LogP contribution in [0.3, 0.4) is 0 Å². The van der Waals surface area contributed by atoms with E-state index in [0.717, 1.165) is 11.3 Å². The first-order valence-corrected chi connectivity index (χ1v) is 4.11. The molecule has 0 amide bonds. The van der Waals surface area contributed by atoms with Crippen molar-refractivity contribution in [3.63, 3.8) is 0 Å². The zero-order valence-corrected chi connectivity index (χ0v) is 7.53. The van der Waals surface area contributed by atoms with Gasteiger partial charge in [-0.15, -0.1) is 0 Å². The minimum atomic E-state index is -1.01. The van der Waals surface area contributed by atoms with Crippen molar-refractivity contribution in [3.05, 3.63) is 29.6 Å². The quantitative estimate of drug-likeness (QED) is 0.671. The lowest BCUT2D eigenvalue weighted by molar-refractivity contribution is 0.0690. The number of carboxylic acid groups (broad SMARTS) is 1. The topological polar surface area (TPSA) is 81.8 Å². The summed E-state index contributed by atoms with van der Waals surface area (Å²) in [5, 5.41) is 15.0. The molecule has 0 fully saturated rings. The molecule has 2 heterocycles. The molecule has 0 radical (unpaired) electrons. The van der Waals surface area contributed by atoms with Crippen LogP contribution in [0.4, 0.5) is 0 Å². The molecule has 0 spiro atoms. The van der Waals surface area contributed by atoms with E-state index >= 15 is 0 Å². The number of aryl methyl sites for hydroxylation is 1. The van der Waals surface area contributed by atoms with Crippen molar-refractivity contribution >= 4 is 5.97 Å². The van der Waals surface area contributed by atoms with Crippen LogP contribution in [0.15, 0.2) is 18.3 Å². The number of aromatic nitrogens is 3. The molecule has 3 N–H and O–H groups in total. The summed E-state index contributed by atoms with van der Waals surface area (Å²) >= 11 is 0. The van der Waals surface area contributed by atoms with Gasteiger partial charge >= 0.3 is 5.97 Å². The molecule has 14 heavy (non-hydrogen) atoms. The molecule has 5 heteroatoms. The zero-order chi connectivity index (χ0) is 10.1. The van der Waals surface area contributed by atoms with Crippen molar-refractivity contribution in [1.29, 1.82) is 0 Å². The predicted octanol–water partition coefficient (Wildman–Crippen LogP) is 1.41. The highest BCUT2D eigenvalue weighted by Crippen LogP contribution is 2.19. The lowest BCUT2D eigenvalue weighted by Crippen LogP contribution is -1.95. The van der Waals surface area contributed by atoms with E-state index in [1.165, 1.54) is 6.07 Å². The van der Waals surface area contributed by atoms with E-state index in [-0.39, 0.29) is 5.69 Å². The lowest BCUT2D eigenvalue weighted by atomic mass is 10.2. The van der Waals surface area contributed by atoms with E-state index in [2.05, 4.69) is 15.2 Å². The van der Waals surface area contributed by atoms with Crippen molar-refractivity contribution in [3.8, 4) is 11.4 Å². The van der Waals surface area contributed by atoms with Crippen LogP contribution < -0.4 is 0 Å². The highest BCUT2D eigenvalue weighted by molar-refractivity contribution is 5.86. The average Bonchev–Trinajstić information content (AvgIpc) is 2.71. The van der Waals surface area contributed by atoms with Gasteiger partial charge in [0, 0.05) is 12.3 Å². The summed E-state index contributed by atoms with van der Waals surface area (Å²) in [7, 11) is 0. The number of nitrogens with zero attached hydrogens (tertiary/aromatic N) is 1. The van der Waals surface area contributed by atoms with E-state index in [9.17, 15) is 4.79 Å². The molecular weight excluding hydrogens is 182 g/mol. The Hall–Kier alpha value is -2.04. The Kier molecular flexibility index (Phi) is 1.85. The Labute approximate surface area is 79.8 Å². The molecule has 0 aromatic carbocycles. The number of aromatic amines is 2. The molecule has 2 aromatic heterocycles. The number of rotatable bonds is 2. The Morgan fingerprint density at radius 2 is 2.36 bits per heavy atom. The molecule has 0 saturated heterocycles. The van der Waals surface area contributed by atoms with Crippen molar-refractivity contribution < 1.29 is 9.90 Å². The Morgan fingerprint density at radius 1 is 1.57 bits per heavy atom. The fourth-order valence-electron chi connectivity index (χ4n) is 1.28. The molecule has 5 nitrogen and oxygen atoms in total. The largest absolute Gasteiger partial charge is 0.477 e. The minimum Gasteiger partial charge on any atom is -0.477 e. The number of aromatic carboxylic acids is 1. The molecule has 0 atom stereocenters. The summed E-state index contributed by atoms with van der Waals surface area (Å²) in [6, 6.07) is 3.41. The van der Waals surface area contributed by atoms with Gasteiger partial charge < -0.3 is 10.1 Å². The van der Waals surface area contributed by atoms with E-state index in [0.29, 0.717) is 5.69 Å². The molecule has 0 aliphatic rings. The van der Waals surface area contributed by atoms with Gasteiger partial charge in [-0.1, -0.05) is 0 Å². The van der Waals surface area contributed by atoms with Gasteiger partial charge in [0.1, 0.15) is 11.4 Å². The van der Waals surface area contributed by atoms with E-state index in [1.54, 1.807) is 6.20 Å². The fraction of sp³-hybridized carbons (Fsp3) is 0.111. The van der Waals surface area contributed by atoms with Crippen LogP contribution in [0.1, 0.15) is 16.1 Å². The number of hydrogen-bond donors (Lipinski definition) is 3. The molecule has 0 saturated carbocycles. The molecule has 72 valence electrons. The number of carboxylic acids is 1. The highest BCUT2D eigenvalue weighted by atomic mass is 16.4. The van der Waals surface area contributed by atoms with Gasteiger partial charge in [-0.2, -0.15) is 5.10 Å². The van der Waals surface area contributed by atoms with Crippen LogP contribution in [0, 0.1) is 6.92 Å². The van der Waals surface area contributed by atoms with Crippen molar-refractivity contribution in [2.45, 2.75) is 6.92 Å². The SMILES string of the molecule is Cc1cc[nH]c1-c1cc(C(=O)O)[nH]n1. The Morgan fingerprint density at radius 3 is 2.86 bits per heavy atom. The van der Waals surface area contributed by atoms with Gasteiger partial charge in [0.2, 0.25) is 0 Å². The monoisotopic (exact) mass is 191 g/mol. The van der Waals surface area contributed by atoms with Crippen LogP contribution >= 0.6 is 0 Å². The van der Waals surface area contributed by atoms with Gasteiger partial charge in [0.25, 0.3) is 0 Å². The third-order valence-corrected chi connectivity index (χ3v) is 2.02. The maximum Gasteiger partial charge on any atom is 0.353 e. The third kappa shape index (κ3) is 1.28. The maximum absolute atomic E-state index is 10.6. The van der Waals surface area contributed by atoms with Crippen molar-refractivity contribution in [2.24, 2.45) is 0 Å². The van der Waals surface area contributed by atoms with Crippen LogP contribution in [-0.4, -0.2) is 26.3 Å². The number of hydrogen-bond acceptors (Lipinski definition) is 2. The summed E-state index contributed by atoms with van der Waals surface area (Å²) in [5.74, 6) is -1.01. The Bertz CT molecular complexity index is 470. The maximum atomic E-state index is 10.6. The summed E-state index contributed by atoms with van der Waals surface area (Å²) < 4.78 is 0. The molecule has 0 unspecified atom stereocenters. The summed E-state index contributed by atoms with van der Waals surface area (Å²) in [6.45, 7) is 1.93.